The molecule has 0 saturated heterocycles. The van der Waals surface area contributed by atoms with E-state index in [9.17, 15) is 0 Å². The first-order chi connectivity index (χ1) is 10.3. The lowest BCUT2D eigenvalue weighted by Gasteiger charge is -2.23. The Bertz CT molecular complexity index is 652. The van der Waals surface area contributed by atoms with Gasteiger partial charge in [0.15, 0.2) is 0 Å². The van der Waals surface area contributed by atoms with E-state index in [1.165, 1.54) is 40.4 Å². The summed E-state index contributed by atoms with van der Waals surface area (Å²) < 4.78 is 5.92. The highest BCUT2D eigenvalue weighted by Crippen LogP contribution is 2.39. The number of hydrogen-bond acceptors (Lipinski definition) is 4. The Labute approximate surface area is 129 Å². The van der Waals surface area contributed by atoms with Gasteiger partial charge in [-0.2, -0.15) is 0 Å². The number of nitrogens with zero attached hydrogens (tertiary/aromatic N) is 1. The zero-order valence-corrected chi connectivity index (χ0v) is 12.9. The third kappa shape index (κ3) is 2.36. The topological polar surface area (TPSA) is 48.1 Å². The Morgan fingerprint density at radius 2 is 2.24 bits per heavy atom. The van der Waals surface area contributed by atoms with Crippen molar-refractivity contribution in [2.24, 2.45) is 5.73 Å². The second-order valence-corrected chi connectivity index (χ2v) is 7.12. The van der Waals surface area contributed by atoms with Crippen LogP contribution in [0.25, 0.3) is 0 Å². The number of aryl methyl sites for hydroxylation is 1. The van der Waals surface area contributed by atoms with Crippen LogP contribution < -0.4 is 10.5 Å². The minimum atomic E-state index is 0.397. The van der Waals surface area contributed by atoms with Gasteiger partial charge >= 0.3 is 0 Å². The predicted octanol–water partition coefficient (Wildman–Crippen LogP) is 3.24. The highest BCUT2D eigenvalue weighted by atomic mass is 32.1. The fourth-order valence-corrected chi connectivity index (χ4v) is 4.69. The Hall–Kier alpha value is -1.39. The Kier molecular flexibility index (Phi) is 3.43. The Balaban J connectivity index is 1.62. The summed E-state index contributed by atoms with van der Waals surface area (Å²) in [6.07, 6.45) is 4.65. The zero-order chi connectivity index (χ0) is 14.2. The van der Waals surface area contributed by atoms with Gasteiger partial charge in [0.25, 0.3) is 0 Å². The van der Waals surface area contributed by atoms with Crippen molar-refractivity contribution in [3.8, 4) is 5.75 Å². The molecule has 0 saturated carbocycles. The molecule has 3 nitrogen and oxygen atoms in total. The van der Waals surface area contributed by atoms with Crippen LogP contribution in [0.1, 0.15) is 45.8 Å². The van der Waals surface area contributed by atoms with Crippen LogP contribution in [0, 0.1) is 0 Å². The minimum Gasteiger partial charge on any atom is -0.493 e. The molecule has 1 aliphatic carbocycles. The molecule has 0 spiro atoms. The van der Waals surface area contributed by atoms with Crippen LogP contribution in [0.3, 0.4) is 0 Å². The van der Waals surface area contributed by atoms with Crippen molar-refractivity contribution in [1.82, 2.24) is 4.98 Å². The number of ether oxygens (including phenoxy) is 1. The number of thiazole rings is 1. The van der Waals surface area contributed by atoms with Crippen LogP contribution in [-0.4, -0.2) is 18.1 Å². The molecule has 0 bridgehead atoms. The maximum Gasteiger partial charge on any atom is 0.122 e. The van der Waals surface area contributed by atoms with Gasteiger partial charge in [0.05, 0.1) is 17.3 Å². The minimum absolute atomic E-state index is 0.397. The van der Waals surface area contributed by atoms with Gasteiger partial charge in [-0.25, -0.2) is 4.98 Å². The van der Waals surface area contributed by atoms with E-state index in [2.05, 4.69) is 18.2 Å². The lowest BCUT2D eigenvalue weighted by atomic mass is 9.91. The molecule has 110 valence electrons. The summed E-state index contributed by atoms with van der Waals surface area (Å²) in [7, 11) is 0. The molecular weight excluding hydrogens is 280 g/mol. The molecule has 2 aliphatic rings. The van der Waals surface area contributed by atoms with Gasteiger partial charge in [0.2, 0.25) is 0 Å². The van der Waals surface area contributed by atoms with E-state index in [-0.39, 0.29) is 0 Å². The van der Waals surface area contributed by atoms with Crippen LogP contribution in [0.5, 0.6) is 5.75 Å². The van der Waals surface area contributed by atoms with Crippen LogP contribution in [0.15, 0.2) is 24.3 Å². The van der Waals surface area contributed by atoms with Crippen LogP contribution in [0.4, 0.5) is 0 Å². The molecule has 0 radical (unpaired) electrons. The first kappa shape index (κ1) is 13.3. The van der Waals surface area contributed by atoms with E-state index in [1.54, 1.807) is 0 Å². The van der Waals surface area contributed by atoms with Crippen LogP contribution in [0.2, 0.25) is 0 Å². The Morgan fingerprint density at radius 3 is 3.14 bits per heavy atom. The summed E-state index contributed by atoms with van der Waals surface area (Å²) >= 11 is 1.89. The average molecular weight is 300 g/mol. The standard InChI is InChI=1S/C17H20N2OS/c18-9-12-5-3-7-15-16(12)19-17(21-15)13-8-11-4-1-2-6-14(11)20-10-13/h1-2,4,6,12-13H,3,5,7-10,18H2. The molecule has 2 N–H and O–H groups in total. The fourth-order valence-electron chi connectivity index (χ4n) is 3.42. The first-order valence-electron chi connectivity index (χ1n) is 7.75. The van der Waals surface area contributed by atoms with Crippen molar-refractivity contribution in [2.45, 2.75) is 37.5 Å². The molecule has 1 aromatic heterocycles. The number of aromatic nitrogens is 1. The molecule has 2 aromatic rings. The van der Waals surface area contributed by atoms with Gasteiger partial charge in [-0.1, -0.05) is 18.2 Å². The van der Waals surface area contributed by atoms with Crippen LogP contribution >= 0.6 is 11.3 Å². The van der Waals surface area contributed by atoms with Gasteiger partial charge in [-0.05, 0) is 37.3 Å². The fraction of sp³-hybridized carbons (Fsp3) is 0.471. The number of rotatable bonds is 2. The molecule has 2 unspecified atom stereocenters. The number of benzene rings is 1. The maximum absolute atomic E-state index is 5.92. The number of para-hydroxylation sites is 1. The summed E-state index contributed by atoms with van der Waals surface area (Å²) in [5, 5.41) is 1.25. The molecule has 2 atom stereocenters. The molecule has 4 rings (SSSR count). The van der Waals surface area contributed by atoms with E-state index in [0.29, 0.717) is 11.8 Å². The third-order valence-corrected chi connectivity index (χ3v) is 5.89. The van der Waals surface area contributed by atoms with Gasteiger partial charge in [0.1, 0.15) is 5.75 Å². The first-order valence-corrected chi connectivity index (χ1v) is 8.57. The van der Waals surface area contributed by atoms with E-state index in [4.69, 9.17) is 15.5 Å². The second-order valence-electron chi connectivity index (χ2n) is 6.01. The van der Waals surface area contributed by atoms with Gasteiger partial charge < -0.3 is 10.5 Å². The molecule has 21 heavy (non-hydrogen) atoms. The summed E-state index contributed by atoms with van der Waals surface area (Å²) in [5.74, 6) is 1.90. The van der Waals surface area contributed by atoms with Gasteiger partial charge in [0, 0.05) is 23.3 Å². The highest BCUT2D eigenvalue weighted by Gasteiger charge is 2.28. The zero-order valence-electron chi connectivity index (χ0n) is 12.0. The monoisotopic (exact) mass is 300 g/mol. The number of nitrogens with two attached hydrogens (primary N) is 1. The van der Waals surface area contributed by atoms with Crippen molar-refractivity contribution < 1.29 is 4.74 Å². The Morgan fingerprint density at radius 1 is 1.33 bits per heavy atom. The highest BCUT2D eigenvalue weighted by molar-refractivity contribution is 7.11. The molecular formula is C17H20N2OS. The molecule has 1 aliphatic heterocycles. The molecule has 0 fully saturated rings. The molecule has 1 aromatic carbocycles. The maximum atomic E-state index is 5.92. The van der Waals surface area contributed by atoms with Crippen molar-refractivity contribution in [2.75, 3.05) is 13.2 Å². The van der Waals surface area contributed by atoms with Crippen molar-refractivity contribution in [1.29, 1.82) is 0 Å². The normalized spacial score (nSPS) is 24.0. The van der Waals surface area contributed by atoms with Crippen LogP contribution in [-0.2, 0) is 12.8 Å². The smallest absolute Gasteiger partial charge is 0.122 e. The molecule has 0 amide bonds. The summed E-state index contributed by atoms with van der Waals surface area (Å²) in [5.41, 5.74) is 8.49. The second kappa shape index (κ2) is 5.43. The van der Waals surface area contributed by atoms with Crippen molar-refractivity contribution in [3.63, 3.8) is 0 Å². The average Bonchev–Trinajstić information content (AvgIpc) is 2.98. The molecule has 2 heterocycles. The predicted molar refractivity (Wildman–Crippen MR) is 85.2 cm³/mol. The lowest BCUT2D eigenvalue weighted by molar-refractivity contribution is 0.262. The quantitative estimate of drug-likeness (QED) is 0.926. The SMILES string of the molecule is NCC1CCCc2sc(C3COc4ccccc4C3)nc21. The molecule has 4 heteroatoms. The summed E-state index contributed by atoms with van der Waals surface area (Å²) in [6.45, 7) is 1.47. The number of hydrogen-bond donors (Lipinski definition) is 1. The van der Waals surface area contributed by atoms with E-state index in [1.807, 2.05) is 17.4 Å². The largest absolute Gasteiger partial charge is 0.493 e. The van der Waals surface area contributed by atoms with Gasteiger partial charge in [-0.15, -0.1) is 11.3 Å². The summed E-state index contributed by atoms with van der Waals surface area (Å²) in [6, 6.07) is 8.34. The third-order valence-electron chi connectivity index (χ3n) is 4.60. The van der Waals surface area contributed by atoms with E-state index < -0.39 is 0 Å². The van der Waals surface area contributed by atoms with Crippen molar-refractivity contribution in [3.05, 3.63) is 45.4 Å². The lowest BCUT2D eigenvalue weighted by Crippen LogP contribution is -2.20. The van der Waals surface area contributed by atoms with E-state index in [0.717, 1.165) is 25.3 Å². The van der Waals surface area contributed by atoms with E-state index >= 15 is 0 Å². The van der Waals surface area contributed by atoms with Crippen molar-refractivity contribution >= 4 is 11.3 Å². The number of fused-ring (bicyclic) bond motifs is 2. The van der Waals surface area contributed by atoms with Gasteiger partial charge in [-0.3, -0.25) is 0 Å². The summed E-state index contributed by atoms with van der Waals surface area (Å²) in [4.78, 5) is 6.42.